The van der Waals surface area contributed by atoms with E-state index in [1.165, 1.54) is 4.90 Å². The van der Waals surface area contributed by atoms with Gasteiger partial charge in [0.2, 0.25) is 11.8 Å². The van der Waals surface area contributed by atoms with Gasteiger partial charge in [-0.25, -0.2) is 0 Å². The average Bonchev–Trinajstić information content (AvgIpc) is 2.71. The van der Waals surface area contributed by atoms with Crippen molar-refractivity contribution in [2.75, 3.05) is 4.90 Å². The number of nitrogens with zero attached hydrogens (tertiary/aromatic N) is 1. The minimum atomic E-state index is -0.456. The van der Waals surface area contributed by atoms with E-state index < -0.39 is 5.92 Å². The van der Waals surface area contributed by atoms with E-state index in [0.717, 1.165) is 6.42 Å². The predicted octanol–water partition coefficient (Wildman–Crippen LogP) is 2.43. The molecule has 1 aliphatic heterocycles. The average molecular weight is 297 g/mol. The highest BCUT2D eigenvalue weighted by molar-refractivity contribution is 6.23. The summed E-state index contributed by atoms with van der Waals surface area (Å²) in [6, 6.07) is 9.06. The molecule has 0 N–H and O–H groups in total. The molecule has 2 bridgehead atoms. The molecule has 3 saturated carbocycles. The van der Waals surface area contributed by atoms with Crippen molar-refractivity contribution >= 4 is 23.3 Å². The minimum absolute atomic E-state index is 0.0164. The van der Waals surface area contributed by atoms with Crippen LogP contribution in [0.4, 0.5) is 5.69 Å². The fourth-order valence-corrected chi connectivity index (χ4v) is 5.03. The molecule has 4 heteroatoms. The van der Waals surface area contributed by atoms with E-state index >= 15 is 0 Å². The molecular formula is C18H19NO3. The van der Waals surface area contributed by atoms with Crippen LogP contribution in [0.1, 0.15) is 26.7 Å². The maximum absolute atomic E-state index is 12.9. The van der Waals surface area contributed by atoms with Gasteiger partial charge in [0, 0.05) is 12.3 Å². The van der Waals surface area contributed by atoms with Crippen molar-refractivity contribution < 1.29 is 14.4 Å². The monoisotopic (exact) mass is 297 g/mol. The highest BCUT2D eigenvalue weighted by atomic mass is 16.2. The summed E-state index contributed by atoms with van der Waals surface area (Å²) in [5.74, 6) is -1.18. The highest BCUT2D eigenvalue weighted by Gasteiger charge is 2.65. The van der Waals surface area contributed by atoms with E-state index in [2.05, 4.69) is 13.8 Å². The van der Waals surface area contributed by atoms with E-state index in [1.807, 2.05) is 18.2 Å². The van der Waals surface area contributed by atoms with Gasteiger partial charge in [-0.1, -0.05) is 32.0 Å². The number of ketones is 1. The van der Waals surface area contributed by atoms with Crippen LogP contribution in [0.3, 0.4) is 0 Å². The van der Waals surface area contributed by atoms with Crippen LogP contribution in [0.25, 0.3) is 0 Å². The van der Waals surface area contributed by atoms with Gasteiger partial charge in [-0.2, -0.15) is 0 Å². The number of carbonyl (C=O) groups excluding carboxylic acids is 3. The van der Waals surface area contributed by atoms with Crippen molar-refractivity contribution in [2.24, 2.45) is 29.1 Å². The number of amides is 2. The maximum Gasteiger partial charge on any atom is 0.238 e. The number of rotatable bonds is 1. The lowest BCUT2D eigenvalue weighted by molar-refractivity contribution is -0.155. The molecule has 1 saturated heterocycles. The SMILES string of the molecule is CC1(C)C[C@@H]2CC(=O)[C@H]1[C@H]1C(=O)N(c3ccccc3)C(=O)[C@@H]21. The van der Waals surface area contributed by atoms with Crippen LogP contribution in [0, 0.1) is 29.1 Å². The lowest BCUT2D eigenvalue weighted by Crippen LogP contribution is -2.55. The van der Waals surface area contributed by atoms with Crippen molar-refractivity contribution in [2.45, 2.75) is 26.7 Å². The summed E-state index contributed by atoms with van der Waals surface area (Å²) >= 11 is 0. The predicted molar refractivity (Wildman–Crippen MR) is 80.9 cm³/mol. The molecule has 2 amide bonds. The molecule has 114 valence electrons. The number of benzene rings is 1. The van der Waals surface area contributed by atoms with Gasteiger partial charge in [0.15, 0.2) is 0 Å². The van der Waals surface area contributed by atoms with Crippen LogP contribution >= 0.6 is 0 Å². The lowest BCUT2D eigenvalue weighted by Gasteiger charge is -2.51. The third-order valence-electron chi connectivity index (χ3n) is 5.72. The first-order valence-electron chi connectivity index (χ1n) is 7.87. The van der Waals surface area contributed by atoms with Gasteiger partial charge in [0.05, 0.1) is 17.5 Å². The largest absolute Gasteiger partial charge is 0.299 e. The Hall–Kier alpha value is -1.97. The van der Waals surface area contributed by atoms with Crippen molar-refractivity contribution in [3.8, 4) is 0 Å². The highest BCUT2D eigenvalue weighted by Crippen LogP contribution is 2.59. The van der Waals surface area contributed by atoms with E-state index in [9.17, 15) is 14.4 Å². The molecule has 0 unspecified atom stereocenters. The Morgan fingerprint density at radius 1 is 1.00 bits per heavy atom. The number of fused-ring (bicyclic) bond motifs is 2. The molecule has 5 rings (SSSR count). The first-order valence-corrected chi connectivity index (χ1v) is 7.87. The summed E-state index contributed by atoms with van der Waals surface area (Å²) in [7, 11) is 0. The van der Waals surface area contributed by atoms with E-state index in [4.69, 9.17) is 0 Å². The van der Waals surface area contributed by atoms with Gasteiger partial charge >= 0.3 is 0 Å². The summed E-state index contributed by atoms with van der Waals surface area (Å²) < 4.78 is 0. The Morgan fingerprint density at radius 2 is 1.64 bits per heavy atom. The Kier molecular flexibility index (Phi) is 2.66. The fraction of sp³-hybridized carbons (Fsp3) is 0.500. The number of hydrogen-bond acceptors (Lipinski definition) is 3. The molecular weight excluding hydrogens is 278 g/mol. The third kappa shape index (κ3) is 1.61. The number of hydrogen-bond donors (Lipinski definition) is 0. The number of imide groups is 1. The van der Waals surface area contributed by atoms with Crippen LogP contribution in [-0.2, 0) is 14.4 Å². The van der Waals surface area contributed by atoms with Crippen LogP contribution in [0.2, 0.25) is 0 Å². The van der Waals surface area contributed by atoms with Crippen molar-refractivity contribution in [3.05, 3.63) is 30.3 Å². The molecule has 1 aromatic rings. The Bertz CT molecular complexity index is 679. The molecule has 22 heavy (non-hydrogen) atoms. The fourth-order valence-electron chi connectivity index (χ4n) is 5.03. The molecule has 0 radical (unpaired) electrons. The van der Waals surface area contributed by atoms with Gasteiger partial charge in [-0.3, -0.25) is 19.3 Å². The van der Waals surface area contributed by atoms with Gasteiger partial charge in [0.25, 0.3) is 0 Å². The van der Waals surface area contributed by atoms with Crippen molar-refractivity contribution in [1.29, 1.82) is 0 Å². The van der Waals surface area contributed by atoms with Crippen LogP contribution in [0.5, 0.6) is 0 Å². The molecule has 4 fully saturated rings. The van der Waals surface area contributed by atoms with Gasteiger partial charge < -0.3 is 0 Å². The summed E-state index contributed by atoms with van der Waals surface area (Å²) in [4.78, 5) is 39.5. The van der Waals surface area contributed by atoms with E-state index in [1.54, 1.807) is 12.1 Å². The zero-order valence-corrected chi connectivity index (χ0v) is 12.8. The zero-order valence-electron chi connectivity index (χ0n) is 12.8. The third-order valence-corrected chi connectivity index (χ3v) is 5.72. The van der Waals surface area contributed by atoms with Gasteiger partial charge in [-0.05, 0) is 29.9 Å². The molecule has 1 heterocycles. The second-order valence-electron chi connectivity index (χ2n) is 7.50. The molecule has 4 atom stereocenters. The van der Waals surface area contributed by atoms with Gasteiger partial charge in [-0.15, -0.1) is 0 Å². The first-order chi connectivity index (χ1) is 10.4. The van der Waals surface area contributed by atoms with Crippen LogP contribution in [-0.4, -0.2) is 17.6 Å². The first kappa shape index (κ1) is 13.7. The summed E-state index contributed by atoms with van der Waals surface area (Å²) in [6.07, 6.45) is 1.31. The van der Waals surface area contributed by atoms with E-state index in [0.29, 0.717) is 12.1 Å². The quantitative estimate of drug-likeness (QED) is 0.748. The number of Topliss-reactive ketones (excluding diaryl/α,β-unsaturated/α-hetero) is 1. The summed E-state index contributed by atoms with van der Waals surface area (Å²) in [6.45, 7) is 4.11. The standard InChI is InChI=1S/C18H19NO3/c1-18(2)9-10-8-12(20)15(18)14-13(10)16(21)19(17(14)22)11-6-4-3-5-7-11/h3-7,10,13-15H,8-9H2,1-2H3/t10-,13-,14-,15-/m0/s1. The Labute approximate surface area is 129 Å². The maximum atomic E-state index is 12.9. The summed E-state index contributed by atoms with van der Waals surface area (Å²) in [5, 5.41) is 0. The van der Waals surface area contributed by atoms with E-state index in [-0.39, 0.29) is 40.8 Å². The Morgan fingerprint density at radius 3 is 2.27 bits per heavy atom. The number of carbonyl (C=O) groups is 3. The van der Waals surface area contributed by atoms with Crippen LogP contribution in [0.15, 0.2) is 30.3 Å². The second-order valence-corrected chi connectivity index (χ2v) is 7.50. The van der Waals surface area contributed by atoms with Crippen molar-refractivity contribution in [3.63, 3.8) is 0 Å². The summed E-state index contributed by atoms with van der Waals surface area (Å²) in [5.41, 5.74) is 0.431. The lowest BCUT2D eigenvalue weighted by atomic mass is 9.49. The minimum Gasteiger partial charge on any atom is -0.299 e. The normalized spacial score (nSPS) is 35.9. The molecule has 0 aromatic heterocycles. The number of anilines is 1. The topological polar surface area (TPSA) is 54.5 Å². The Balaban J connectivity index is 1.80. The molecule has 1 aromatic carbocycles. The molecule has 3 aliphatic carbocycles. The molecule has 4 aliphatic rings. The molecule has 4 nitrogen and oxygen atoms in total. The smallest absolute Gasteiger partial charge is 0.238 e. The second kappa shape index (κ2) is 4.28. The van der Waals surface area contributed by atoms with Gasteiger partial charge in [0.1, 0.15) is 5.78 Å². The molecule has 0 spiro atoms. The van der Waals surface area contributed by atoms with Crippen molar-refractivity contribution in [1.82, 2.24) is 0 Å². The van der Waals surface area contributed by atoms with Crippen LogP contribution < -0.4 is 4.90 Å². The number of para-hydroxylation sites is 1. The zero-order chi connectivity index (χ0) is 15.6.